The van der Waals surface area contributed by atoms with E-state index in [9.17, 15) is 0 Å². The van der Waals surface area contributed by atoms with Gasteiger partial charge in [0.15, 0.2) is 0 Å². The van der Waals surface area contributed by atoms with E-state index < -0.39 is 0 Å². The van der Waals surface area contributed by atoms with Gasteiger partial charge in [-0.15, -0.1) is 0 Å². The normalized spacial score (nSPS) is 13.4. The average Bonchev–Trinajstić information content (AvgIpc) is 3.57. The van der Waals surface area contributed by atoms with Gasteiger partial charge in [0.2, 0.25) is 0 Å². The summed E-state index contributed by atoms with van der Waals surface area (Å²) < 4.78 is 6.35. The van der Waals surface area contributed by atoms with Crippen LogP contribution in [0.4, 0.5) is 0 Å². The molecular formula is C46H30N2O. The minimum atomic E-state index is 0.934. The van der Waals surface area contributed by atoms with Crippen LogP contribution in [0.15, 0.2) is 162 Å². The molecule has 0 fully saturated rings. The fourth-order valence-electron chi connectivity index (χ4n) is 7.64. The highest BCUT2D eigenvalue weighted by molar-refractivity contribution is 6.23. The van der Waals surface area contributed by atoms with Crippen LogP contribution in [0.1, 0.15) is 24.0 Å². The van der Waals surface area contributed by atoms with Crippen molar-refractivity contribution in [3.8, 4) is 22.3 Å². The molecule has 9 aromatic rings. The topological polar surface area (TPSA) is 38.9 Å². The summed E-state index contributed by atoms with van der Waals surface area (Å²) in [5.74, 6) is 0. The number of hydrogen-bond acceptors (Lipinski definition) is 3. The van der Waals surface area contributed by atoms with E-state index in [1.165, 1.54) is 55.1 Å². The number of aromatic nitrogens is 2. The van der Waals surface area contributed by atoms with Crippen LogP contribution in [-0.2, 0) is 0 Å². The number of para-hydroxylation sites is 2. The molecular weight excluding hydrogens is 597 g/mol. The molecule has 0 radical (unpaired) electrons. The molecule has 0 spiro atoms. The highest BCUT2D eigenvalue weighted by Crippen LogP contribution is 2.39. The molecule has 0 amide bonds. The van der Waals surface area contributed by atoms with E-state index in [0.29, 0.717) is 0 Å². The first-order chi connectivity index (χ1) is 24.3. The van der Waals surface area contributed by atoms with Gasteiger partial charge in [-0.25, -0.2) is 0 Å². The molecule has 7 aromatic carbocycles. The lowest BCUT2D eigenvalue weighted by Gasteiger charge is -2.15. The molecule has 230 valence electrons. The highest BCUT2D eigenvalue weighted by Gasteiger charge is 2.16. The summed E-state index contributed by atoms with van der Waals surface area (Å²) in [4.78, 5) is 9.46. The number of allylic oxidation sites excluding steroid dienone is 4. The standard InChI is InChI=1S/C46H30N2O/c1-2-11-40-37(9-1)38-24-23-34(28-42(38)45-44(40)47-25-26-48-45)32-21-17-30(18-22-32)29-15-19-31(20-16-29)33-7-5-8-35(27-33)36-12-6-13-41-39-10-3-4-14-43(39)49-46(36)41/h1-4,6,8-28H,5,7H2. The van der Waals surface area contributed by atoms with Crippen molar-refractivity contribution < 1.29 is 4.42 Å². The Kier molecular flexibility index (Phi) is 6.31. The molecule has 1 aliphatic rings. The van der Waals surface area contributed by atoms with Gasteiger partial charge in [0.25, 0.3) is 0 Å². The quantitative estimate of drug-likeness (QED) is 0.182. The van der Waals surface area contributed by atoms with Crippen molar-refractivity contribution in [3.05, 3.63) is 169 Å². The summed E-state index contributed by atoms with van der Waals surface area (Å²) >= 11 is 0. The van der Waals surface area contributed by atoms with Crippen molar-refractivity contribution in [1.29, 1.82) is 0 Å². The lowest BCUT2D eigenvalue weighted by Crippen LogP contribution is -1.93. The van der Waals surface area contributed by atoms with Crippen molar-refractivity contribution >= 4 is 65.7 Å². The van der Waals surface area contributed by atoms with Crippen LogP contribution in [-0.4, -0.2) is 9.97 Å². The minimum absolute atomic E-state index is 0.934. The second-order valence-corrected chi connectivity index (χ2v) is 12.9. The Labute approximate surface area is 283 Å². The highest BCUT2D eigenvalue weighted by atomic mass is 16.3. The van der Waals surface area contributed by atoms with Crippen LogP contribution in [0.3, 0.4) is 0 Å². The molecule has 3 heteroatoms. The number of fused-ring (bicyclic) bond motifs is 9. The number of rotatable bonds is 4. The smallest absolute Gasteiger partial charge is 0.143 e. The molecule has 10 rings (SSSR count). The Balaban J connectivity index is 0.944. The summed E-state index contributed by atoms with van der Waals surface area (Å²) in [5.41, 5.74) is 13.6. The summed E-state index contributed by atoms with van der Waals surface area (Å²) in [6, 6.07) is 47.8. The van der Waals surface area contributed by atoms with E-state index >= 15 is 0 Å². The van der Waals surface area contributed by atoms with Crippen LogP contribution in [0.2, 0.25) is 0 Å². The average molecular weight is 627 g/mol. The van der Waals surface area contributed by atoms with Crippen LogP contribution in [0, 0.1) is 0 Å². The maximum Gasteiger partial charge on any atom is 0.143 e. The summed E-state index contributed by atoms with van der Waals surface area (Å²) in [6.45, 7) is 0. The third-order valence-corrected chi connectivity index (χ3v) is 10.1. The second-order valence-electron chi connectivity index (χ2n) is 12.9. The fraction of sp³-hybridized carbons (Fsp3) is 0.0435. The molecule has 0 bridgehead atoms. The first-order valence-corrected chi connectivity index (χ1v) is 16.9. The SMILES string of the molecule is C1=C(c2ccc(-c3ccc(-c4ccc5c6ccccc6c6nccnc6c5c4)cc3)cc2)CCC=C1c1cccc2c1oc1ccccc12. The zero-order chi connectivity index (χ0) is 32.3. The molecule has 0 unspecified atom stereocenters. The van der Waals surface area contributed by atoms with E-state index in [2.05, 4.69) is 133 Å². The Morgan fingerprint density at radius 2 is 1.06 bits per heavy atom. The third-order valence-electron chi connectivity index (χ3n) is 10.1. The predicted molar refractivity (Wildman–Crippen MR) is 204 cm³/mol. The molecule has 0 N–H and O–H groups in total. The maximum absolute atomic E-state index is 6.35. The van der Waals surface area contributed by atoms with Crippen molar-refractivity contribution in [2.24, 2.45) is 0 Å². The molecule has 2 heterocycles. The summed E-state index contributed by atoms with van der Waals surface area (Å²) in [7, 11) is 0. The number of furan rings is 1. The summed E-state index contributed by atoms with van der Waals surface area (Å²) in [6.07, 6.45) is 10.3. The van der Waals surface area contributed by atoms with Gasteiger partial charge in [0.05, 0.1) is 11.0 Å². The first-order valence-electron chi connectivity index (χ1n) is 16.9. The molecule has 3 nitrogen and oxygen atoms in total. The van der Waals surface area contributed by atoms with Crippen LogP contribution < -0.4 is 0 Å². The van der Waals surface area contributed by atoms with Gasteiger partial charge < -0.3 is 4.42 Å². The number of benzene rings is 7. The minimum Gasteiger partial charge on any atom is -0.455 e. The zero-order valence-electron chi connectivity index (χ0n) is 26.7. The number of nitrogens with zero attached hydrogens (tertiary/aromatic N) is 2. The van der Waals surface area contributed by atoms with Crippen LogP contribution in [0.5, 0.6) is 0 Å². The molecule has 0 atom stereocenters. The monoisotopic (exact) mass is 626 g/mol. The van der Waals surface area contributed by atoms with E-state index in [4.69, 9.17) is 14.4 Å². The Morgan fingerprint density at radius 3 is 1.84 bits per heavy atom. The Hall–Kier alpha value is -6.32. The van der Waals surface area contributed by atoms with E-state index in [1.807, 2.05) is 12.1 Å². The second kappa shape index (κ2) is 11.1. The van der Waals surface area contributed by atoms with Gasteiger partial charge in [-0.05, 0) is 74.7 Å². The molecule has 49 heavy (non-hydrogen) atoms. The Bertz CT molecular complexity index is 2770. The van der Waals surface area contributed by atoms with E-state index in [-0.39, 0.29) is 0 Å². The molecule has 0 aliphatic heterocycles. The van der Waals surface area contributed by atoms with Gasteiger partial charge in [-0.1, -0.05) is 133 Å². The van der Waals surface area contributed by atoms with Gasteiger partial charge >= 0.3 is 0 Å². The lowest BCUT2D eigenvalue weighted by atomic mass is 9.89. The Morgan fingerprint density at radius 1 is 0.469 bits per heavy atom. The van der Waals surface area contributed by atoms with E-state index in [0.717, 1.165) is 56.8 Å². The maximum atomic E-state index is 6.35. The van der Waals surface area contributed by atoms with Gasteiger partial charge in [0, 0.05) is 39.5 Å². The van der Waals surface area contributed by atoms with Crippen molar-refractivity contribution in [2.75, 3.05) is 0 Å². The number of hydrogen-bond donors (Lipinski definition) is 0. The van der Waals surface area contributed by atoms with Crippen molar-refractivity contribution in [2.45, 2.75) is 12.8 Å². The van der Waals surface area contributed by atoms with Crippen LogP contribution in [0.25, 0.3) is 87.9 Å². The first kappa shape index (κ1) is 27.8. The predicted octanol–water partition coefficient (Wildman–Crippen LogP) is 12.4. The summed E-state index contributed by atoms with van der Waals surface area (Å²) in [5, 5.41) is 7.00. The zero-order valence-corrected chi connectivity index (χ0v) is 26.7. The molecule has 0 saturated heterocycles. The third kappa shape index (κ3) is 4.58. The van der Waals surface area contributed by atoms with Crippen molar-refractivity contribution in [1.82, 2.24) is 9.97 Å². The van der Waals surface area contributed by atoms with Gasteiger partial charge in [-0.2, -0.15) is 0 Å². The van der Waals surface area contributed by atoms with Gasteiger partial charge in [-0.3, -0.25) is 9.97 Å². The molecule has 0 saturated carbocycles. The van der Waals surface area contributed by atoms with Gasteiger partial charge in [0.1, 0.15) is 11.2 Å². The van der Waals surface area contributed by atoms with Crippen molar-refractivity contribution in [3.63, 3.8) is 0 Å². The molecule has 2 aromatic heterocycles. The lowest BCUT2D eigenvalue weighted by molar-refractivity contribution is 0.667. The van der Waals surface area contributed by atoms with E-state index in [1.54, 1.807) is 12.4 Å². The van der Waals surface area contributed by atoms with Crippen LogP contribution >= 0.6 is 0 Å². The largest absolute Gasteiger partial charge is 0.455 e. The molecule has 1 aliphatic carbocycles. The fourth-order valence-corrected chi connectivity index (χ4v) is 7.64.